The predicted molar refractivity (Wildman–Crippen MR) is 83.2 cm³/mol. The summed E-state index contributed by atoms with van der Waals surface area (Å²) in [5.74, 6) is 0.939. The number of benzene rings is 1. The van der Waals surface area contributed by atoms with Gasteiger partial charge in [0.05, 0.1) is 4.92 Å². The quantitative estimate of drug-likeness (QED) is 0.597. The zero-order valence-corrected chi connectivity index (χ0v) is 13.5. The molecule has 0 amide bonds. The van der Waals surface area contributed by atoms with Crippen LogP contribution in [0.2, 0.25) is 0 Å². The van der Waals surface area contributed by atoms with Gasteiger partial charge in [-0.2, -0.15) is 0 Å². The summed E-state index contributed by atoms with van der Waals surface area (Å²) in [6.07, 6.45) is 0. The van der Waals surface area contributed by atoms with Crippen molar-refractivity contribution in [1.29, 1.82) is 0 Å². The molecule has 0 aliphatic carbocycles. The smallest absolute Gasteiger partial charge is 0.272 e. The van der Waals surface area contributed by atoms with Crippen molar-refractivity contribution in [2.75, 3.05) is 27.2 Å². The molecule has 6 heteroatoms. The van der Waals surface area contributed by atoms with Gasteiger partial charge in [-0.05, 0) is 33.0 Å². The van der Waals surface area contributed by atoms with Crippen molar-refractivity contribution in [3.8, 4) is 5.75 Å². The average Bonchev–Trinajstić information content (AvgIpc) is 2.27. The average molecular weight is 303 g/mol. The summed E-state index contributed by atoms with van der Waals surface area (Å²) in [4.78, 5) is 12.7. The summed E-state index contributed by atoms with van der Waals surface area (Å²) in [7, 11) is 3.96. The third-order valence-corrected chi connectivity index (χ3v) is 2.94. The minimum atomic E-state index is -0.342. The van der Waals surface area contributed by atoms with Gasteiger partial charge >= 0.3 is 0 Å². The molecule has 1 rings (SSSR count). The van der Waals surface area contributed by atoms with Crippen molar-refractivity contribution >= 4 is 18.1 Å². The molecule has 0 spiro atoms. The van der Waals surface area contributed by atoms with E-state index in [1.165, 1.54) is 0 Å². The van der Waals surface area contributed by atoms with Gasteiger partial charge in [0.2, 0.25) is 0 Å². The van der Waals surface area contributed by atoms with Crippen molar-refractivity contribution in [1.82, 2.24) is 4.90 Å². The minimum absolute atomic E-state index is 0. The number of nitrogens with zero attached hydrogens (tertiary/aromatic N) is 2. The molecule has 1 aromatic rings. The van der Waals surface area contributed by atoms with Crippen LogP contribution >= 0.6 is 12.4 Å². The van der Waals surface area contributed by atoms with Crippen molar-refractivity contribution in [2.24, 2.45) is 0 Å². The molecule has 0 aliphatic heterocycles. The molecule has 0 atom stereocenters. The van der Waals surface area contributed by atoms with E-state index in [0.29, 0.717) is 12.2 Å². The Bertz CT molecular complexity index is 462. The Morgan fingerprint density at radius 2 is 1.95 bits per heavy atom. The first-order valence-corrected chi connectivity index (χ1v) is 6.39. The lowest BCUT2D eigenvalue weighted by Gasteiger charge is -2.16. The van der Waals surface area contributed by atoms with Crippen molar-refractivity contribution < 1.29 is 9.66 Å². The molecule has 0 bridgehead atoms. The Hall–Kier alpha value is -1.33. The normalized spacial score (nSPS) is 10.6. The van der Waals surface area contributed by atoms with Crippen LogP contribution in [0.1, 0.15) is 30.9 Å². The number of ether oxygens (including phenoxy) is 1. The zero-order valence-electron chi connectivity index (χ0n) is 12.7. The second kappa shape index (κ2) is 8.07. The molecular weight excluding hydrogens is 280 g/mol. The van der Waals surface area contributed by atoms with Gasteiger partial charge in [0.15, 0.2) is 0 Å². The molecule has 0 radical (unpaired) electrons. The van der Waals surface area contributed by atoms with Gasteiger partial charge in [0.25, 0.3) is 5.69 Å². The van der Waals surface area contributed by atoms with Crippen LogP contribution in [-0.4, -0.2) is 37.1 Å². The molecule has 20 heavy (non-hydrogen) atoms. The second-order valence-electron chi connectivity index (χ2n) is 5.24. The van der Waals surface area contributed by atoms with Crippen LogP contribution in [0.4, 0.5) is 5.69 Å². The summed E-state index contributed by atoms with van der Waals surface area (Å²) in [6.45, 7) is 7.14. The molecule has 114 valence electrons. The molecule has 5 nitrogen and oxygen atoms in total. The summed E-state index contributed by atoms with van der Waals surface area (Å²) >= 11 is 0. The number of likely N-dealkylation sites (N-methyl/N-ethyl adjacent to an activating group) is 1. The fraction of sp³-hybridized carbons (Fsp3) is 0.571. The Kier molecular flexibility index (Phi) is 7.53. The van der Waals surface area contributed by atoms with Gasteiger partial charge in [-0.15, -0.1) is 12.4 Å². The topological polar surface area (TPSA) is 55.6 Å². The van der Waals surface area contributed by atoms with Gasteiger partial charge < -0.3 is 9.64 Å². The lowest BCUT2D eigenvalue weighted by atomic mass is 9.99. The van der Waals surface area contributed by atoms with Gasteiger partial charge in [-0.1, -0.05) is 13.8 Å². The molecule has 0 heterocycles. The SMILES string of the molecule is Cc1cc(OCCN(C)C)c(C(C)C)cc1[N+](=O)[O-].Cl. The number of nitro groups is 1. The molecule has 0 fully saturated rings. The van der Waals surface area contributed by atoms with Gasteiger partial charge in [-0.25, -0.2) is 0 Å². The standard InChI is InChI=1S/C14H22N2O3.ClH/c1-10(2)12-9-13(16(17)18)11(3)8-14(12)19-7-6-15(4)5;/h8-10H,6-7H2,1-5H3;1H. The van der Waals surface area contributed by atoms with E-state index in [4.69, 9.17) is 4.74 Å². The lowest BCUT2D eigenvalue weighted by Crippen LogP contribution is -2.20. The van der Waals surface area contributed by atoms with Crippen molar-refractivity contribution in [2.45, 2.75) is 26.7 Å². The molecule has 1 aromatic carbocycles. The highest BCUT2D eigenvalue weighted by Gasteiger charge is 2.18. The van der Waals surface area contributed by atoms with Crippen LogP contribution in [0.3, 0.4) is 0 Å². The van der Waals surface area contributed by atoms with Crippen LogP contribution in [0, 0.1) is 17.0 Å². The van der Waals surface area contributed by atoms with E-state index in [1.54, 1.807) is 19.1 Å². The fourth-order valence-corrected chi connectivity index (χ4v) is 1.80. The molecule has 0 aliphatic rings. The van der Waals surface area contributed by atoms with E-state index in [1.807, 2.05) is 32.8 Å². The Morgan fingerprint density at radius 3 is 2.40 bits per heavy atom. The van der Waals surface area contributed by atoms with Crippen molar-refractivity contribution in [3.05, 3.63) is 33.4 Å². The first-order valence-electron chi connectivity index (χ1n) is 6.39. The van der Waals surface area contributed by atoms with E-state index >= 15 is 0 Å². The Balaban J connectivity index is 0.00000361. The highest BCUT2D eigenvalue weighted by atomic mass is 35.5. The Morgan fingerprint density at radius 1 is 1.35 bits per heavy atom. The summed E-state index contributed by atoms with van der Waals surface area (Å²) < 4.78 is 5.76. The largest absolute Gasteiger partial charge is 0.492 e. The first-order chi connectivity index (χ1) is 8.82. The number of aryl methyl sites for hydroxylation is 1. The first kappa shape index (κ1) is 18.7. The van der Waals surface area contributed by atoms with E-state index in [-0.39, 0.29) is 28.9 Å². The monoisotopic (exact) mass is 302 g/mol. The zero-order chi connectivity index (χ0) is 14.6. The number of halogens is 1. The summed E-state index contributed by atoms with van der Waals surface area (Å²) in [6, 6.07) is 3.40. The van der Waals surface area contributed by atoms with Gasteiger partial charge in [0.1, 0.15) is 12.4 Å². The molecule has 0 unspecified atom stereocenters. The maximum absolute atomic E-state index is 11.0. The van der Waals surface area contributed by atoms with Crippen LogP contribution < -0.4 is 4.74 Å². The van der Waals surface area contributed by atoms with E-state index < -0.39 is 0 Å². The van der Waals surface area contributed by atoms with Crippen LogP contribution in [0.5, 0.6) is 5.75 Å². The number of rotatable bonds is 6. The van der Waals surface area contributed by atoms with Gasteiger partial charge in [-0.3, -0.25) is 10.1 Å². The third kappa shape index (κ3) is 4.98. The maximum Gasteiger partial charge on any atom is 0.272 e. The van der Waals surface area contributed by atoms with Crippen LogP contribution in [-0.2, 0) is 0 Å². The fourth-order valence-electron chi connectivity index (χ4n) is 1.80. The Labute approximate surface area is 126 Å². The highest BCUT2D eigenvalue weighted by Crippen LogP contribution is 2.33. The van der Waals surface area contributed by atoms with Gasteiger partial charge in [0, 0.05) is 23.7 Å². The second-order valence-corrected chi connectivity index (χ2v) is 5.24. The van der Waals surface area contributed by atoms with E-state index in [9.17, 15) is 10.1 Å². The third-order valence-electron chi connectivity index (χ3n) is 2.94. The molecular formula is C14H23ClN2O3. The molecule has 0 aromatic heterocycles. The molecule has 0 saturated heterocycles. The van der Waals surface area contributed by atoms with Crippen LogP contribution in [0.15, 0.2) is 12.1 Å². The summed E-state index contributed by atoms with van der Waals surface area (Å²) in [5.41, 5.74) is 1.67. The number of hydrogen-bond acceptors (Lipinski definition) is 4. The maximum atomic E-state index is 11.0. The van der Waals surface area contributed by atoms with E-state index in [2.05, 4.69) is 0 Å². The predicted octanol–water partition coefficient (Wildman–Crippen LogP) is 3.39. The van der Waals surface area contributed by atoms with E-state index in [0.717, 1.165) is 17.9 Å². The number of nitro benzene ring substituents is 1. The summed E-state index contributed by atoms with van der Waals surface area (Å²) in [5, 5.41) is 11.0. The highest BCUT2D eigenvalue weighted by molar-refractivity contribution is 5.85. The molecule has 0 N–H and O–H groups in total. The molecule has 0 saturated carbocycles. The van der Waals surface area contributed by atoms with Crippen LogP contribution in [0.25, 0.3) is 0 Å². The number of hydrogen-bond donors (Lipinski definition) is 0. The minimum Gasteiger partial charge on any atom is -0.492 e. The lowest BCUT2D eigenvalue weighted by molar-refractivity contribution is -0.385. The van der Waals surface area contributed by atoms with Crippen molar-refractivity contribution in [3.63, 3.8) is 0 Å².